The number of carbonyl (C=O) groups is 1. The molecule has 2 aromatic rings. The van der Waals surface area contributed by atoms with E-state index < -0.39 is 0 Å². The van der Waals surface area contributed by atoms with Crippen LogP contribution in [0.2, 0.25) is 0 Å². The quantitative estimate of drug-likeness (QED) is 0.827. The lowest BCUT2D eigenvalue weighted by Crippen LogP contribution is -2.24. The van der Waals surface area contributed by atoms with Crippen LogP contribution in [0.3, 0.4) is 0 Å². The molecule has 128 valence electrons. The van der Waals surface area contributed by atoms with Gasteiger partial charge in [-0.15, -0.1) is 0 Å². The van der Waals surface area contributed by atoms with Crippen LogP contribution >= 0.6 is 0 Å². The minimum atomic E-state index is 0.172. The first kappa shape index (κ1) is 16.8. The van der Waals surface area contributed by atoms with Crippen LogP contribution in [0, 0.1) is 12.8 Å². The van der Waals surface area contributed by atoms with E-state index in [-0.39, 0.29) is 11.8 Å². The van der Waals surface area contributed by atoms with E-state index in [4.69, 9.17) is 4.42 Å². The summed E-state index contributed by atoms with van der Waals surface area (Å²) in [6.45, 7) is 3.39. The topological polar surface area (TPSA) is 54.3 Å². The van der Waals surface area contributed by atoms with Crippen molar-refractivity contribution in [1.29, 1.82) is 0 Å². The van der Waals surface area contributed by atoms with Gasteiger partial charge in [-0.2, -0.15) is 0 Å². The lowest BCUT2D eigenvalue weighted by molar-refractivity contribution is -0.120. The van der Waals surface area contributed by atoms with Crippen molar-refractivity contribution in [3.63, 3.8) is 0 Å². The number of nitrogens with one attached hydrogen (secondary N) is 2. The van der Waals surface area contributed by atoms with Crippen LogP contribution in [-0.4, -0.2) is 5.91 Å². The minimum Gasteiger partial charge on any atom is -0.465 e. The molecule has 1 amide bonds. The molecule has 1 fully saturated rings. The highest BCUT2D eigenvalue weighted by Crippen LogP contribution is 2.25. The molecule has 1 aromatic heterocycles. The van der Waals surface area contributed by atoms with Crippen molar-refractivity contribution >= 4 is 11.6 Å². The molecule has 4 nitrogen and oxygen atoms in total. The van der Waals surface area contributed by atoms with Crippen LogP contribution in [-0.2, 0) is 17.9 Å². The third-order valence-corrected chi connectivity index (χ3v) is 4.59. The van der Waals surface area contributed by atoms with Crippen molar-refractivity contribution in [3.8, 4) is 0 Å². The molecule has 0 radical (unpaired) electrons. The Bertz CT molecular complexity index is 672. The number of carbonyl (C=O) groups excluding carboxylic acids is 1. The summed E-state index contributed by atoms with van der Waals surface area (Å²) in [6, 6.07) is 12.0. The smallest absolute Gasteiger partial charge is 0.227 e. The van der Waals surface area contributed by atoms with Gasteiger partial charge in [0.05, 0.1) is 6.54 Å². The van der Waals surface area contributed by atoms with Crippen molar-refractivity contribution in [2.45, 2.75) is 52.1 Å². The van der Waals surface area contributed by atoms with Crippen LogP contribution in [0.15, 0.2) is 40.8 Å². The van der Waals surface area contributed by atoms with Gasteiger partial charge in [-0.1, -0.05) is 31.4 Å². The highest BCUT2D eigenvalue weighted by Gasteiger charge is 2.20. The highest BCUT2D eigenvalue weighted by atomic mass is 16.3. The zero-order chi connectivity index (χ0) is 16.8. The maximum atomic E-state index is 12.3. The van der Waals surface area contributed by atoms with Gasteiger partial charge in [0.2, 0.25) is 5.91 Å². The molecule has 1 aromatic carbocycles. The zero-order valence-corrected chi connectivity index (χ0v) is 14.3. The van der Waals surface area contributed by atoms with Gasteiger partial charge >= 0.3 is 0 Å². The molecule has 1 aliphatic carbocycles. The van der Waals surface area contributed by atoms with Crippen LogP contribution in [0.25, 0.3) is 0 Å². The summed E-state index contributed by atoms with van der Waals surface area (Å²) >= 11 is 0. The minimum absolute atomic E-state index is 0.172. The number of hydrogen-bond acceptors (Lipinski definition) is 3. The fourth-order valence-electron chi connectivity index (χ4n) is 3.28. The Labute approximate surface area is 143 Å². The first-order valence-corrected chi connectivity index (χ1v) is 8.86. The average molecular weight is 326 g/mol. The fraction of sp³-hybridized carbons (Fsp3) is 0.450. The van der Waals surface area contributed by atoms with Crippen LogP contribution < -0.4 is 10.6 Å². The third kappa shape index (κ3) is 4.71. The monoisotopic (exact) mass is 326 g/mol. The number of hydrogen-bond donors (Lipinski definition) is 2. The summed E-state index contributed by atoms with van der Waals surface area (Å²) in [5, 5.41) is 6.45. The van der Waals surface area contributed by atoms with Gasteiger partial charge in [0.25, 0.3) is 0 Å². The molecular formula is C20H26N2O2. The van der Waals surface area contributed by atoms with Crippen molar-refractivity contribution < 1.29 is 9.21 Å². The Hall–Kier alpha value is -2.07. The van der Waals surface area contributed by atoms with Gasteiger partial charge < -0.3 is 15.1 Å². The average Bonchev–Trinajstić information content (AvgIpc) is 3.01. The van der Waals surface area contributed by atoms with E-state index in [2.05, 4.69) is 16.7 Å². The predicted molar refractivity (Wildman–Crippen MR) is 95.6 cm³/mol. The second-order valence-corrected chi connectivity index (χ2v) is 6.64. The van der Waals surface area contributed by atoms with Crippen LogP contribution in [0.1, 0.15) is 49.2 Å². The number of aryl methyl sites for hydroxylation is 1. The molecule has 0 saturated heterocycles. The Morgan fingerprint density at radius 3 is 2.71 bits per heavy atom. The normalized spacial score (nSPS) is 15.4. The molecule has 0 aliphatic heterocycles. The lowest BCUT2D eigenvalue weighted by atomic mass is 9.88. The van der Waals surface area contributed by atoms with Crippen molar-refractivity contribution in [2.75, 3.05) is 5.32 Å². The summed E-state index contributed by atoms with van der Waals surface area (Å²) < 4.78 is 5.55. The standard InChI is InChI=1S/C20H26N2O2/c1-15-10-11-19(24-15)14-21-13-16-6-5-9-18(12-16)22-20(23)17-7-3-2-4-8-17/h5-6,9-12,17,21H,2-4,7-8,13-14H2,1H3,(H,22,23). The summed E-state index contributed by atoms with van der Waals surface area (Å²) in [5.74, 6) is 2.22. The van der Waals surface area contributed by atoms with E-state index in [0.717, 1.165) is 42.2 Å². The Morgan fingerprint density at radius 2 is 1.96 bits per heavy atom. The number of anilines is 1. The van der Waals surface area contributed by atoms with E-state index >= 15 is 0 Å². The van der Waals surface area contributed by atoms with Crippen LogP contribution in [0.4, 0.5) is 5.69 Å². The Morgan fingerprint density at radius 1 is 1.12 bits per heavy atom. The Balaban J connectivity index is 1.50. The molecular weight excluding hydrogens is 300 g/mol. The van der Waals surface area contributed by atoms with Crippen molar-refractivity contribution in [3.05, 3.63) is 53.5 Å². The molecule has 4 heteroatoms. The zero-order valence-electron chi connectivity index (χ0n) is 14.3. The van der Waals surface area contributed by atoms with Crippen LogP contribution in [0.5, 0.6) is 0 Å². The van der Waals surface area contributed by atoms with Gasteiger partial charge in [0, 0.05) is 18.2 Å². The number of rotatable bonds is 6. The molecule has 3 rings (SSSR count). The van der Waals surface area contributed by atoms with Gasteiger partial charge in [-0.3, -0.25) is 4.79 Å². The molecule has 1 saturated carbocycles. The summed E-state index contributed by atoms with van der Waals surface area (Å²) in [4.78, 5) is 12.3. The first-order valence-electron chi connectivity index (χ1n) is 8.86. The molecule has 0 bridgehead atoms. The highest BCUT2D eigenvalue weighted by molar-refractivity contribution is 5.92. The summed E-state index contributed by atoms with van der Waals surface area (Å²) in [6.07, 6.45) is 5.66. The number of benzene rings is 1. The van der Waals surface area contributed by atoms with E-state index in [0.29, 0.717) is 6.54 Å². The molecule has 1 aliphatic rings. The largest absolute Gasteiger partial charge is 0.465 e. The maximum Gasteiger partial charge on any atom is 0.227 e. The SMILES string of the molecule is Cc1ccc(CNCc2cccc(NC(=O)C3CCCCC3)c2)o1. The predicted octanol–water partition coefficient (Wildman–Crippen LogP) is 4.40. The summed E-state index contributed by atoms with van der Waals surface area (Å²) in [5.41, 5.74) is 2.04. The third-order valence-electron chi connectivity index (χ3n) is 4.59. The number of amides is 1. The van der Waals surface area contributed by atoms with Gasteiger partial charge in [0.1, 0.15) is 11.5 Å². The van der Waals surface area contributed by atoms with Crippen molar-refractivity contribution in [1.82, 2.24) is 5.32 Å². The molecule has 0 spiro atoms. The molecule has 0 unspecified atom stereocenters. The molecule has 24 heavy (non-hydrogen) atoms. The van der Waals surface area contributed by atoms with E-state index in [1.807, 2.05) is 37.3 Å². The molecule has 1 heterocycles. The number of furan rings is 1. The van der Waals surface area contributed by atoms with E-state index in [1.165, 1.54) is 19.3 Å². The summed E-state index contributed by atoms with van der Waals surface area (Å²) in [7, 11) is 0. The lowest BCUT2D eigenvalue weighted by Gasteiger charge is -2.20. The second kappa shape index (κ2) is 8.15. The maximum absolute atomic E-state index is 12.3. The molecule has 0 atom stereocenters. The first-order chi connectivity index (χ1) is 11.7. The Kier molecular flexibility index (Phi) is 5.70. The van der Waals surface area contributed by atoms with E-state index in [9.17, 15) is 4.79 Å². The van der Waals surface area contributed by atoms with Gasteiger partial charge in [0.15, 0.2) is 0 Å². The second-order valence-electron chi connectivity index (χ2n) is 6.64. The van der Waals surface area contributed by atoms with Gasteiger partial charge in [-0.25, -0.2) is 0 Å². The van der Waals surface area contributed by atoms with E-state index in [1.54, 1.807) is 0 Å². The fourth-order valence-corrected chi connectivity index (χ4v) is 3.28. The molecule has 2 N–H and O–H groups in total. The van der Waals surface area contributed by atoms with Crippen molar-refractivity contribution in [2.24, 2.45) is 5.92 Å². The van der Waals surface area contributed by atoms with Gasteiger partial charge in [-0.05, 0) is 49.6 Å².